The topological polar surface area (TPSA) is 61.7 Å². The number of nitro groups is 1. The summed E-state index contributed by atoms with van der Waals surface area (Å²) in [4.78, 5) is 15.8. The van der Waals surface area contributed by atoms with Crippen molar-refractivity contribution in [3.8, 4) is 0 Å². The first-order valence-corrected chi connectivity index (χ1v) is 8.07. The van der Waals surface area contributed by atoms with Gasteiger partial charge in [0.05, 0.1) is 4.92 Å². The number of fused-ring (bicyclic) bond motifs is 1. The summed E-state index contributed by atoms with van der Waals surface area (Å²) in [5, 5.41) is 14.7. The highest BCUT2D eigenvalue weighted by Gasteiger charge is 2.29. The summed E-state index contributed by atoms with van der Waals surface area (Å²) in [6, 6.07) is 3.49. The maximum atomic E-state index is 11.4. The Balaban J connectivity index is 1.83. The Labute approximate surface area is 131 Å². The summed E-state index contributed by atoms with van der Waals surface area (Å²) >= 11 is 0. The first-order chi connectivity index (χ1) is 10.6. The van der Waals surface area contributed by atoms with Crippen LogP contribution in [-0.4, -0.2) is 49.1 Å². The molecular weight excluding hydrogens is 280 g/mol. The average Bonchev–Trinajstić information content (AvgIpc) is 2.94. The minimum Gasteiger partial charge on any atom is -0.384 e. The van der Waals surface area contributed by atoms with Gasteiger partial charge in [-0.2, -0.15) is 0 Å². The van der Waals surface area contributed by atoms with E-state index in [2.05, 4.69) is 29.0 Å². The Morgan fingerprint density at radius 1 is 1.27 bits per heavy atom. The number of nitrogens with zero attached hydrogens (tertiary/aromatic N) is 3. The number of piperazine rings is 1. The number of rotatable bonds is 4. The molecule has 22 heavy (non-hydrogen) atoms. The number of nitrogens with one attached hydrogen (secondary N) is 1. The van der Waals surface area contributed by atoms with Crippen LogP contribution in [0.25, 0.3) is 0 Å². The van der Waals surface area contributed by atoms with Gasteiger partial charge in [-0.05, 0) is 18.4 Å². The average molecular weight is 304 g/mol. The Hall–Kier alpha value is -1.82. The van der Waals surface area contributed by atoms with Crippen LogP contribution in [0.3, 0.4) is 0 Å². The molecule has 0 spiro atoms. The highest BCUT2D eigenvalue weighted by Crippen LogP contribution is 2.39. The summed E-state index contributed by atoms with van der Waals surface area (Å²) in [5.74, 6) is 0.658. The van der Waals surface area contributed by atoms with Crippen molar-refractivity contribution >= 4 is 17.1 Å². The molecule has 1 aromatic carbocycles. The molecule has 0 atom stereocenters. The third-order valence-electron chi connectivity index (χ3n) is 4.46. The highest BCUT2D eigenvalue weighted by molar-refractivity contribution is 5.78. The van der Waals surface area contributed by atoms with Gasteiger partial charge in [0.1, 0.15) is 5.69 Å². The maximum Gasteiger partial charge on any atom is 0.292 e. The fourth-order valence-corrected chi connectivity index (χ4v) is 3.54. The van der Waals surface area contributed by atoms with Crippen molar-refractivity contribution < 1.29 is 4.92 Å². The molecule has 0 unspecified atom stereocenters. The molecule has 0 aromatic heterocycles. The van der Waals surface area contributed by atoms with E-state index in [0.29, 0.717) is 5.92 Å². The standard InChI is InChI=1S/C16H24N4O2/c1-12(2)11-18-7-9-19(10-8-18)16-13-5-6-17-14(13)3-4-15(16)20(21)22/h3-4,12,17H,5-11H2,1-2H3. The van der Waals surface area contributed by atoms with Gasteiger partial charge in [-0.3, -0.25) is 15.0 Å². The van der Waals surface area contributed by atoms with Crippen LogP contribution < -0.4 is 10.2 Å². The zero-order valence-electron chi connectivity index (χ0n) is 13.3. The van der Waals surface area contributed by atoms with Crippen LogP contribution in [0.5, 0.6) is 0 Å². The Morgan fingerprint density at radius 2 is 2.00 bits per heavy atom. The Morgan fingerprint density at radius 3 is 2.64 bits per heavy atom. The van der Waals surface area contributed by atoms with Gasteiger partial charge in [0.2, 0.25) is 0 Å². The van der Waals surface area contributed by atoms with Gasteiger partial charge in [-0.25, -0.2) is 0 Å². The van der Waals surface area contributed by atoms with E-state index in [0.717, 1.165) is 62.6 Å². The Bertz CT molecular complexity index is 566. The van der Waals surface area contributed by atoms with Crippen LogP contribution in [0, 0.1) is 16.0 Å². The van der Waals surface area contributed by atoms with Crippen molar-refractivity contribution in [1.82, 2.24) is 4.90 Å². The van der Waals surface area contributed by atoms with Crippen LogP contribution >= 0.6 is 0 Å². The van der Waals surface area contributed by atoms with Crippen molar-refractivity contribution in [2.24, 2.45) is 5.92 Å². The molecule has 0 saturated carbocycles. The molecule has 6 nitrogen and oxygen atoms in total. The molecular formula is C16H24N4O2. The SMILES string of the molecule is CC(C)CN1CCN(c2c([N+](=O)[O-])ccc3c2CCN3)CC1. The fraction of sp³-hybridized carbons (Fsp3) is 0.625. The summed E-state index contributed by atoms with van der Waals surface area (Å²) < 4.78 is 0. The second kappa shape index (κ2) is 6.12. The van der Waals surface area contributed by atoms with Gasteiger partial charge in [0.15, 0.2) is 0 Å². The molecule has 120 valence electrons. The number of benzene rings is 1. The van der Waals surface area contributed by atoms with Gasteiger partial charge >= 0.3 is 0 Å². The van der Waals surface area contributed by atoms with Crippen molar-refractivity contribution in [1.29, 1.82) is 0 Å². The molecule has 1 fully saturated rings. The number of hydrogen-bond acceptors (Lipinski definition) is 5. The molecule has 1 N–H and O–H groups in total. The second-order valence-electron chi connectivity index (χ2n) is 6.57. The zero-order valence-corrected chi connectivity index (χ0v) is 13.3. The second-order valence-corrected chi connectivity index (χ2v) is 6.57. The van der Waals surface area contributed by atoms with Crippen LogP contribution in [0.15, 0.2) is 12.1 Å². The maximum absolute atomic E-state index is 11.4. The molecule has 0 radical (unpaired) electrons. The molecule has 6 heteroatoms. The van der Waals surface area contributed by atoms with Crippen LogP contribution in [0.1, 0.15) is 19.4 Å². The Kier molecular flexibility index (Phi) is 4.20. The van der Waals surface area contributed by atoms with E-state index in [1.165, 1.54) is 0 Å². The van der Waals surface area contributed by atoms with Crippen LogP contribution in [0.2, 0.25) is 0 Å². The molecule has 0 amide bonds. The summed E-state index contributed by atoms with van der Waals surface area (Å²) in [6.45, 7) is 10.1. The van der Waals surface area contributed by atoms with Gasteiger partial charge in [0.25, 0.3) is 5.69 Å². The highest BCUT2D eigenvalue weighted by atomic mass is 16.6. The van der Waals surface area contributed by atoms with Gasteiger partial charge < -0.3 is 10.2 Å². The summed E-state index contributed by atoms with van der Waals surface area (Å²) in [5.41, 5.74) is 3.27. The largest absolute Gasteiger partial charge is 0.384 e. The van der Waals surface area contributed by atoms with Gasteiger partial charge in [-0.1, -0.05) is 13.8 Å². The van der Waals surface area contributed by atoms with Gasteiger partial charge in [-0.15, -0.1) is 0 Å². The number of nitro benzene ring substituents is 1. The third kappa shape index (κ3) is 2.88. The minimum atomic E-state index is -0.242. The van der Waals surface area contributed by atoms with E-state index in [4.69, 9.17) is 0 Å². The summed E-state index contributed by atoms with van der Waals surface area (Å²) in [7, 11) is 0. The smallest absolute Gasteiger partial charge is 0.292 e. The van der Waals surface area contributed by atoms with E-state index < -0.39 is 0 Å². The van der Waals surface area contributed by atoms with Gasteiger partial charge in [0, 0.05) is 56.6 Å². The third-order valence-corrected chi connectivity index (χ3v) is 4.46. The number of anilines is 2. The predicted octanol–water partition coefficient (Wildman–Crippen LogP) is 2.34. The van der Waals surface area contributed by atoms with E-state index in [1.807, 2.05) is 6.07 Å². The molecule has 1 saturated heterocycles. The summed E-state index contributed by atoms with van der Waals surface area (Å²) in [6.07, 6.45) is 0.874. The van der Waals surface area contributed by atoms with Crippen molar-refractivity contribution in [2.75, 3.05) is 49.5 Å². The van der Waals surface area contributed by atoms with Crippen molar-refractivity contribution in [3.63, 3.8) is 0 Å². The van der Waals surface area contributed by atoms with Crippen molar-refractivity contribution in [3.05, 3.63) is 27.8 Å². The monoisotopic (exact) mass is 304 g/mol. The quantitative estimate of drug-likeness (QED) is 0.683. The molecule has 2 aliphatic heterocycles. The lowest BCUT2D eigenvalue weighted by atomic mass is 10.1. The fourth-order valence-electron chi connectivity index (χ4n) is 3.54. The molecule has 1 aromatic rings. The molecule has 0 aliphatic carbocycles. The molecule has 2 heterocycles. The van der Waals surface area contributed by atoms with Crippen LogP contribution in [-0.2, 0) is 6.42 Å². The molecule has 0 bridgehead atoms. The number of hydrogen-bond donors (Lipinski definition) is 1. The van der Waals surface area contributed by atoms with Crippen molar-refractivity contribution in [2.45, 2.75) is 20.3 Å². The zero-order chi connectivity index (χ0) is 15.7. The predicted molar refractivity (Wildman–Crippen MR) is 88.8 cm³/mol. The van der Waals surface area contributed by atoms with E-state index in [9.17, 15) is 10.1 Å². The lowest BCUT2D eigenvalue weighted by Gasteiger charge is -2.37. The lowest BCUT2D eigenvalue weighted by molar-refractivity contribution is -0.384. The minimum absolute atomic E-state index is 0.242. The van der Waals surface area contributed by atoms with E-state index in [-0.39, 0.29) is 10.6 Å². The first kappa shape index (κ1) is 15.1. The molecule has 3 rings (SSSR count). The lowest BCUT2D eigenvalue weighted by Crippen LogP contribution is -2.47. The van der Waals surface area contributed by atoms with E-state index in [1.54, 1.807) is 6.07 Å². The van der Waals surface area contributed by atoms with E-state index >= 15 is 0 Å². The normalized spacial score (nSPS) is 18.4. The van der Waals surface area contributed by atoms with Crippen LogP contribution in [0.4, 0.5) is 17.1 Å². The first-order valence-electron chi connectivity index (χ1n) is 8.07. The molecule has 2 aliphatic rings.